The Bertz CT molecular complexity index is 640. The summed E-state index contributed by atoms with van der Waals surface area (Å²) >= 11 is 0. The molecule has 118 valence electrons. The van der Waals surface area contributed by atoms with Crippen LogP contribution in [0, 0.1) is 12.8 Å². The highest BCUT2D eigenvalue weighted by molar-refractivity contribution is 5.95. The summed E-state index contributed by atoms with van der Waals surface area (Å²) in [5.41, 5.74) is 9.27. The smallest absolute Gasteiger partial charge is 0.251 e. The molecule has 0 aromatic heterocycles. The van der Waals surface area contributed by atoms with Gasteiger partial charge < -0.3 is 11.1 Å². The molecule has 0 aliphatic rings. The summed E-state index contributed by atoms with van der Waals surface area (Å²) in [6.07, 6.45) is 0. The lowest BCUT2D eigenvalue weighted by Gasteiger charge is -2.24. The summed E-state index contributed by atoms with van der Waals surface area (Å²) in [6.45, 7) is 6.28. The number of hydrogen-bond acceptors (Lipinski definition) is 2. The summed E-state index contributed by atoms with van der Waals surface area (Å²) in [7, 11) is 0. The van der Waals surface area contributed by atoms with E-state index in [9.17, 15) is 4.79 Å². The van der Waals surface area contributed by atoms with Crippen LogP contribution in [0.15, 0.2) is 48.5 Å². The van der Waals surface area contributed by atoms with Gasteiger partial charge in [-0.1, -0.05) is 44.2 Å². The Labute approximate surface area is 138 Å². The molecule has 0 aliphatic heterocycles. The molecule has 2 rings (SSSR count). The number of amides is 1. The van der Waals surface area contributed by atoms with E-state index in [1.807, 2.05) is 12.1 Å². The normalized spacial score (nSPS) is 11.6. The van der Waals surface area contributed by atoms with Gasteiger partial charge in [0.25, 0.3) is 5.91 Å². The molecule has 3 N–H and O–H groups in total. The number of rotatable bonds is 4. The van der Waals surface area contributed by atoms with Crippen LogP contribution in [0.5, 0.6) is 0 Å². The average Bonchev–Trinajstić information content (AvgIpc) is 2.45. The van der Waals surface area contributed by atoms with Gasteiger partial charge >= 0.3 is 0 Å². The first-order chi connectivity index (χ1) is 9.99. The van der Waals surface area contributed by atoms with E-state index < -0.39 is 0 Å². The van der Waals surface area contributed by atoms with E-state index in [1.165, 1.54) is 5.56 Å². The van der Waals surface area contributed by atoms with Gasteiger partial charge in [-0.3, -0.25) is 4.79 Å². The molecule has 1 atom stereocenters. The second-order valence-corrected chi connectivity index (χ2v) is 5.68. The largest absolute Gasteiger partial charge is 0.399 e. The number of hydrogen-bond donors (Lipinski definition) is 2. The minimum atomic E-state index is -0.0933. The average molecular weight is 319 g/mol. The standard InChI is InChI=1S/C18H22N2O.ClH/c1-12(2)17(16-10-5-4-7-13(16)3)20-18(21)14-8-6-9-15(19)11-14;/h4-12,17H,19H2,1-3H3,(H,20,21);1H. The summed E-state index contributed by atoms with van der Waals surface area (Å²) in [4.78, 5) is 12.4. The van der Waals surface area contributed by atoms with Crippen LogP contribution in [0.4, 0.5) is 5.69 Å². The van der Waals surface area contributed by atoms with Gasteiger partial charge in [-0.2, -0.15) is 0 Å². The van der Waals surface area contributed by atoms with Gasteiger partial charge in [-0.05, 0) is 42.2 Å². The molecule has 0 saturated carbocycles. The third kappa shape index (κ3) is 4.25. The summed E-state index contributed by atoms with van der Waals surface area (Å²) in [6, 6.07) is 15.2. The zero-order valence-corrected chi connectivity index (χ0v) is 14.0. The van der Waals surface area contributed by atoms with Crippen molar-refractivity contribution in [1.29, 1.82) is 0 Å². The van der Waals surface area contributed by atoms with E-state index >= 15 is 0 Å². The molecule has 1 unspecified atom stereocenters. The molecule has 2 aromatic carbocycles. The van der Waals surface area contributed by atoms with Gasteiger partial charge in [0.05, 0.1) is 6.04 Å². The number of benzene rings is 2. The summed E-state index contributed by atoms with van der Waals surface area (Å²) < 4.78 is 0. The van der Waals surface area contributed by atoms with Crippen LogP contribution in [-0.4, -0.2) is 5.91 Å². The molecular formula is C18H23ClN2O. The number of nitrogens with two attached hydrogens (primary N) is 1. The number of halogens is 1. The fraction of sp³-hybridized carbons (Fsp3) is 0.278. The predicted molar refractivity (Wildman–Crippen MR) is 94.3 cm³/mol. The van der Waals surface area contributed by atoms with Crippen molar-refractivity contribution in [2.24, 2.45) is 5.92 Å². The van der Waals surface area contributed by atoms with E-state index in [2.05, 4.69) is 38.2 Å². The van der Waals surface area contributed by atoms with E-state index in [0.717, 1.165) is 5.56 Å². The number of anilines is 1. The lowest BCUT2D eigenvalue weighted by Crippen LogP contribution is -2.32. The van der Waals surface area contributed by atoms with E-state index in [-0.39, 0.29) is 24.4 Å². The van der Waals surface area contributed by atoms with Gasteiger partial charge in [-0.15, -0.1) is 12.4 Å². The molecule has 4 heteroatoms. The maximum absolute atomic E-state index is 12.4. The zero-order valence-electron chi connectivity index (χ0n) is 13.2. The van der Waals surface area contributed by atoms with Crippen LogP contribution in [0.3, 0.4) is 0 Å². The molecule has 0 bridgehead atoms. The minimum absolute atomic E-state index is 0. The van der Waals surface area contributed by atoms with Crippen LogP contribution in [0.2, 0.25) is 0 Å². The van der Waals surface area contributed by atoms with Crippen molar-refractivity contribution in [1.82, 2.24) is 5.32 Å². The van der Waals surface area contributed by atoms with E-state index in [1.54, 1.807) is 24.3 Å². The highest BCUT2D eigenvalue weighted by atomic mass is 35.5. The second kappa shape index (κ2) is 7.85. The first kappa shape index (κ1) is 18.1. The third-order valence-corrected chi connectivity index (χ3v) is 3.63. The van der Waals surface area contributed by atoms with Crippen molar-refractivity contribution in [3.63, 3.8) is 0 Å². The number of carbonyl (C=O) groups is 1. The molecule has 22 heavy (non-hydrogen) atoms. The molecule has 0 radical (unpaired) electrons. The number of nitrogen functional groups attached to an aromatic ring is 1. The Hall–Kier alpha value is -2.00. The van der Waals surface area contributed by atoms with Crippen molar-refractivity contribution in [2.75, 3.05) is 5.73 Å². The van der Waals surface area contributed by atoms with Gasteiger partial charge in [-0.25, -0.2) is 0 Å². The van der Waals surface area contributed by atoms with Crippen LogP contribution in [0.1, 0.15) is 41.4 Å². The predicted octanol–water partition coefficient (Wildman–Crippen LogP) is 4.13. The fourth-order valence-electron chi connectivity index (χ4n) is 2.44. The van der Waals surface area contributed by atoms with Gasteiger partial charge in [0.15, 0.2) is 0 Å². The summed E-state index contributed by atoms with van der Waals surface area (Å²) in [5.74, 6) is 0.209. The molecule has 0 saturated heterocycles. The Kier molecular flexibility index (Phi) is 6.44. The fourth-order valence-corrected chi connectivity index (χ4v) is 2.44. The number of nitrogens with one attached hydrogen (secondary N) is 1. The first-order valence-corrected chi connectivity index (χ1v) is 7.21. The molecule has 3 nitrogen and oxygen atoms in total. The van der Waals surface area contributed by atoms with E-state index in [4.69, 9.17) is 5.73 Å². The van der Waals surface area contributed by atoms with Crippen molar-refractivity contribution < 1.29 is 4.79 Å². The Balaban J connectivity index is 0.00000242. The summed E-state index contributed by atoms with van der Waals surface area (Å²) in [5, 5.41) is 3.12. The van der Waals surface area contributed by atoms with Gasteiger partial charge in [0.1, 0.15) is 0 Å². The van der Waals surface area contributed by atoms with Crippen molar-refractivity contribution >= 4 is 24.0 Å². The highest BCUT2D eigenvalue weighted by Gasteiger charge is 2.20. The van der Waals surface area contributed by atoms with Gasteiger partial charge in [0.2, 0.25) is 0 Å². The molecule has 1 amide bonds. The second-order valence-electron chi connectivity index (χ2n) is 5.68. The monoisotopic (exact) mass is 318 g/mol. The van der Waals surface area contributed by atoms with Crippen LogP contribution >= 0.6 is 12.4 Å². The van der Waals surface area contributed by atoms with Crippen LogP contribution < -0.4 is 11.1 Å². The van der Waals surface area contributed by atoms with Gasteiger partial charge in [0, 0.05) is 11.3 Å². The van der Waals surface area contributed by atoms with Crippen molar-refractivity contribution in [2.45, 2.75) is 26.8 Å². The molecule has 2 aromatic rings. The Morgan fingerprint density at radius 1 is 1.09 bits per heavy atom. The molecule has 0 spiro atoms. The Morgan fingerprint density at radius 2 is 1.77 bits per heavy atom. The highest BCUT2D eigenvalue weighted by Crippen LogP contribution is 2.25. The quantitative estimate of drug-likeness (QED) is 0.833. The maximum Gasteiger partial charge on any atom is 0.251 e. The lowest BCUT2D eigenvalue weighted by molar-refractivity contribution is 0.0925. The lowest BCUT2D eigenvalue weighted by atomic mass is 9.92. The zero-order chi connectivity index (χ0) is 15.4. The van der Waals surface area contributed by atoms with Crippen molar-refractivity contribution in [3.05, 3.63) is 65.2 Å². The molecule has 0 fully saturated rings. The van der Waals surface area contributed by atoms with Crippen LogP contribution in [0.25, 0.3) is 0 Å². The first-order valence-electron chi connectivity index (χ1n) is 7.21. The van der Waals surface area contributed by atoms with Crippen LogP contribution in [-0.2, 0) is 0 Å². The maximum atomic E-state index is 12.4. The SMILES string of the molecule is Cc1ccccc1C(NC(=O)c1cccc(N)c1)C(C)C.Cl. The Morgan fingerprint density at radius 3 is 2.36 bits per heavy atom. The molecule has 0 aliphatic carbocycles. The van der Waals surface area contributed by atoms with Crippen molar-refractivity contribution in [3.8, 4) is 0 Å². The number of carbonyl (C=O) groups excluding carboxylic acids is 1. The topological polar surface area (TPSA) is 55.1 Å². The number of aryl methyl sites for hydroxylation is 1. The van der Waals surface area contributed by atoms with E-state index in [0.29, 0.717) is 17.2 Å². The molecular weight excluding hydrogens is 296 g/mol. The molecule has 0 heterocycles. The third-order valence-electron chi connectivity index (χ3n) is 3.63. The minimum Gasteiger partial charge on any atom is -0.399 e.